The molecule has 22 heavy (non-hydrogen) atoms. The fraction of sp³-hybridized carbons (Fsp3) is 0.0667. The van der Waals surface area contributed by atoms with Crippen molar-refractivity contribution in [3.8, 4) is 11.5 Å². The molecule has 0 amide bonds. The smallest absolute Gasteiger partial charge is 0.279 e. The molecule has 6 nitrogen and oxygen atoms in total. The van der Waals surface area contributed by atoms with Gasteiger partial charge in [-0.15, -0.1) is 0 Å². The zero-order valence-corrected chi connectivity index (χ0v) is 12.0. The van der Waals surface area contributed by atoms with Crippen molar-refractivity contribution in [3.05, 3.63) is 74.0 Å². The number of para-hydroxylation sites is 1. The Labute approximate surface area is 129 Å². The van der Waals surface area contributed by atoms with Gasteiger partial charge in [-0.2, -0.15) is 0 Å². The van der Waals surface area contributed by atoms with E-state index in [9.17, 15) is 19.8 Å². The van der Waals surface area contributed by atoms with Crippen molar-refractivity contribution in [2.24, 2.45) is 0 Å². The van der Waals surface area contributed by atoms with Gasteiger partial charge in [-0.25, -0.2) is 0 Å². The number of phenolic OH excluding ortho intramolecular Hbond substituents is 1. The molecule has 3 rings (SSSR count). The number of rotatable bonds is 2. The standard InChI is InChI=1S/C15H11ClN2O4/c16-10-3-1-2-9(13(10)20)8-18-7-6-17-5-4-11(19)14(21)12(17)15(18)22/h1-7,20-21H,8H2. The summed E-state index contributed by atoms with van der Waals surface area (Å²) in [6.07, 6.45) is 4.44. The summed E-state index contributed by atoms with van der Waals surface area (Å²) in [6.45, 7) is 0.0598. The zero-order chi connectivity index (χ0) is 15.9. The zero-order valence-electron chi connectivity index (χ0n) is 11.2. The van der Waals surface area contributed by atoms with Gasteiger partial charge in [0.15, 0.2) is 11.3 Å². The van der Waals surface area contributed by atoms with Gasteiger partial charge in [-0.05, 0) is 6.07 Å². The van der Waals surface area contributed by atoms with Gasteiger partial charge >= 0.3 is 0 Å². The van der Waals surface area contributed by atoms with E-state index in [2.05, 4.69) is 0 Å². The average Bonchev–Trinajstić information content (AvgIpc) is 2.50. The summed E-state index contributed by atoms with van der Waals surface area (Å²) in [5.41, 5.74) is -0.828. The number of fused-ring (bicyclic) bond motifs is 1. The summed E-state index contributed by atoms with van der Waals surface area (Å²) in [7, 11) is 0. The maximum atomic E-state index is 12.4. The van der Waals surface area contributed by atoms with Crippen LogP contribution in [-0.2, 0) is 6.54 Å². The summed E-state index contributed by atoms with van der Waals surface area (Å²) in [5.74, 6) is -0.706. The number of hydrogen-bond donors (Lipinski definition) is 2. The molecule has 2 heterocycles. The first-order valence-corrected chi connectivity index (χ1v) is 6.76. The lowest BCUT2D eigenvalue weighted by Gasteiger charge is -2.10. The highest BCUT2D eigenvalue weighted by molar-refractivity contribution is 6.32. The van der Waals surface area contributed by atoms with Crippen LogP contribution >= 0.6 is 11.6 Å². The molecule has 7 heteroatoms. The van der Waals surface area contributed by atoms with Crippen molar-refractivity contribution in [2.45, 2.75) is 6.54 Å². The Kier molecular flexibility index (Phi) is 3.38. The molecule has 112 valence electrons. The number of halogens is 1. The first kappa shape index (κ1) is 14.2. The lowest BCUT2D eigenvalue weighted by molar-refractivity contribution is 0.465. The molecule has 0 saturated carbocycles. The highest BCUT2D eigenvalue weighted by Gasteiger charge is 2.12. The first-order valence-electron chi connectivity index (χ1n) is 6.39. The molecule has 1 aromatic carbocycles. The van der Waals surface area contributed by atoms with Crippen LogP contribution in [0, 0.1) is 0 Å². The third kappa shape index (κ3) is 2.23. The van der Waals surface area contributed by atoms with Crippen LogP contribution in [0.4, 0.5) is 0 Å². The van der Waals surface area contributed by atoms with E-state index >= 15 is 0 Å². The number of benzene rings is 1. The molecule has 2 N–H and O–H groups in total. The molecule has 0 saturated heterocycles. The van der Waals surface area contributed by atoms with E-state index in [1.807, 2.05) is 0 Å². The van der Waals surface area contributed by atoms with E-state index in [4.69, 9.17) is 11.6 Å². The number of hydrogen-bond acceptors (Lipinski definition) is 4. The lowest BCUT2D eigenvalue weighted by Crippen LogP contribution is -2.24. The van der Waals surface area contributed by atoms with E-state index in [0.29, 0.717) is 5.56 Å². The van der Waals surface area contributed by atoms with Crippen molar-refractivity contribution >= 4 is 17.1 Å². The third-order valence-corrected chi connectivity index (χ3v) is 3.69. The molecule has 0 unspecified atom stereocenters. The molecule has 0 radical (unpaired) electrons. The predicted octanol–water partition coefficient (Wildman–Crippen LogP) is 1.57. The van der Waals surface area contributed by atoms with Crippen molar-refractivity contribution in [2.75, 3.05) is 0 Å². The second kappa shape index (κ2) is 5.23. The molecule has 2 aromatic heterocycles. The minimum atomic E-state index is -0.625. The Balaban J connectivity index is 2.19. The number of nitrogens with zero attached hydrogens (tertiary/aromatic N) is 2. The first-order chi connectivity index (χ1) is 10.5. The summed E-state index contributed by atoms with van der Waals surface area (Å²) in [4.78, 5) is 23.9. The summed E-state index contributed by atoms with van der Waals surface area (Å²) in [5, 5.41) is 19.9. The Bertz CT molecular complexity index is 991. The van der Waals surface area contributed by atoms with E-state index in [1.54, 1.807) is 12.1 Å². The van der Waals surface area contributed by atoms with Crippen LogP contribution in [0.1, 0.15) is 5.56 Å². The fourth-order valence-corrected chi connectivity index (χ4v) is 2.42. The highest BCUT2D eigenvalue weighted by atomic mass is 35.5. The normalized spacial score (nSPS) is 11.0. The minimum Gasteiger partial charge on any atom is -0.506 e. The Morgan fingerprint density at radius 2 is 1.77 bits per heavy atom. The average molecular weight is 319 g/mol. The van der Waals surface area contributed by atoms with Crippen molar-refractivity contribution in [1.82, 2.24) is 8.97 Å². The summed E-state index contributed by atoms with van der Waals surface area (Å²) < 4.78 is 2.65. The third-order valence-electron chi connectivity index (χ3n) is 3.38. The Hall–Kier alpha value is -2.73. The van der Waals surface area contributed by atoms with Crippen LogP contribution in [0.3, 0.4) is 0 Å². The SMILES string of the molecule is O=c1ccn2ccn(Cc3cccc(Cl)c3O)c(=O)c2c1O. The second-order valence-corrected chi connectivity index (χ2v) is 5.17. The molecule has 0 fully saturated rings. The van der Waals surface area contributed by atoms with Gasteiger partial charge in [0.1, 0.15) is 5.75 Å². The molecule has 0 atom stereocenters. The molecular weight excluding hydrogens is 308 g/mol. The fourth-order valence-electron chi connectivity index (χ4n) is 2.23. The molecule has 0 aliphatic heterocycles. The molecule has 3 aromatic rings. The van der Waals surface area contributed by atoms with E-state index < -0.39 is 16.7 Å². The van der Waals surface area contributed by atoms with Crippen molar-refractivity contribution in [3.63, 3.8) is 0 Å². The van der Waals surface area contributed by atoms with Gasteiger partial charge in [0.25, 0.3) is 5.56 Å². The Morgan fingerprint density at radius 1 is 1.00 bits per heavy atom. The van der Waals surface area contributed by atoms with Gasteiger partial charge in [-0.1, -0.05) is 23.7 Å². The van der Waals surface area contributed by atoms with Crippen molar-refractivity contribution in [1.29, 1.82) is 0 Å². The minimum absolute atomic E-state index is 0.0598. The van der Waals surface area contributed by atoms with Gasteiger partial charge in [0.2, 0.25) is 5.43 Å². The van der Waals surface area contributed by atoms with E-state index in [-0.39, 0.29) is 22.8 Å². The van der Waals surface area contributed by atoms with E-state index in [0.717, 1.165) is 0 Å². The molecule has 0 aliphatic rings. The second-order valence-electron chi connectivity index (χ2n) is 4.76. The van der Waals surface area contributed by atoms with E-state index in [1.165, 1.54) is 39.7 Å². The van der Waals surface area contributed by atoms with Crippen LogP contribution in [0.25, 0.3) is 5.52 Å². The molecular formula is C15H11ClN2O4. The molecule has 0 bridgehead atoms. The maximum absolute atomic E-state index is 12.4. The lowest BCUT2D eigenvalue weighted by atomic mass is 10.2. The summed E-state index contributed by atoms with van der Waals surface area (Å²) in [6, 6.07) is 6.00. The monoisotopic (exact) mass is 318 g/mol. The topological polar surface area (TPSA) is 83.9 Å². The van der Waals surface area contributed by atoms with Crippen LogP contribution in [0.5, 0.6) is 11.5 Å². The van der Waals surface area contributed by atoms with Crippen LogP contribution in [0.15, 0.2) is 52.4 Å². The van der Waals surface area contributed by atoms with Crippen LogP contribution in [0.2, 0.25) is 5.02 Å². The van der Waals surface area contributed by atoms with Crippen molar-refractivity contribution < 1.29 is 10.2 Å². The quantitative estimate of drug-likeness (QED) is 0.751. The molecule has 0 spiro atoms. The van der Waals surface area contributed by atoms with Gasteiger partial charge < -0.3 is 19.2 Å². The Morgan fingerprint density at radius 3 is 2.55 bits per heavy atom. The predicted molar refractivity (Wildman–Crippen MR) is 81.8 cm³/mol. The number of pyridine rings is 1. The van der Waals surface area contributed by atoms with Crippen LogP contribution in [-0.4, -0.2) is 19.2 Å². The number of phenols is 1. The highest BCUT2D eigenvalue weighted by Crippen LogP contribution is 2.27. The van der Waals surface area contributed by atoms with Gasteiger partial charge in [-0.3, -0.25) is 9.59 Å². The van der Waals surface area contributed by atoms with Gasteiger partial charge in [0.05, 0.1) is 11.6 Å². The maximum Gasteiger partial charge on any atom is 0.279 e. The van der Waals surface area contributed by atoms with Gasteiger partial charge in [0, 0.05) is 30.2 Å². The number of aromatic nitrogens is 2. The largest absolute Gasteiger partial charge is 0.506 e. The van der Waals surface area contributed by atoms with Crippen LogP contribution < -0.4 is 11.0 Å². The summed E-state index contributed by atoms with van der Waals surface area (Å²) >= 11 is 5.84. The molecule has 0 aliphatic carbocycles. The number of aromatic hydroxyl groups is 2.